The summed E-state index contributed by atoms with van der Waals surface area (Å²) < 4.78 is 11.4. The third-order valence-electron chi connectivity index (χ3n) is 2.09. The Balaban J connectivity index is 0.00000196. The Morgan fingerprint density at radius 3 is 1.93 bits per heavy atom. The second-order valence-corrected chi connectivity index (χ2v) is 5.30. The van der Waals surface area contributed by atoms with Crippen molar-refractivity contribution in [1.82, 2.24) is 0 Å². The fourth-order valence-corrected chi connectivity index (χ4v) is 2.93. The number of rotatable bonds is 2. The van der Waals surface area contributed by atoms with Crippen molar-refractivity contribution in [3.63, 3.8) is 0 Å². The molecule has 0 amide bonds. The maximum absolute atomic E-state index is 11.4. The van der Waals surface area contributed by atoms with Crippen molar-refractivity contribution in [1.29, 1.82) is 0 Å². The molecule has 1 atom stereocenters. The summed E-state index contributed by atoms with van der Waals surface area (Å²) in [5.41, 5.74) is 2.26. The molecule has 76 valence electrons. The summed E-state index contributed by atoms with van der Waals surface area (Å²) in [7, 11) is -4.05. The Morgan fingerprint density at radius 2 is 1.60 bits per heavy atom. The zero-order chi connectivity index (χ0) is 10.9. The molecule has 0 N–H and O–H groups in total. The SMILES string of the molecule is Cc1cc(C)c(P(=O)([O-])C=O)c(C)c1.[Na+]. The van der Waals surface area contributed by atoms with Crippen LogP contribution in [-0.2, 0) is 9.36 Å². The third-order valence-corrected chi connectivity index (χ3v) is 3.69. The first-order chi connectivity index (χ1) is 6.38. The van der Waals surface area contributed by atoms with Gasteiger partial charge in [-0.3, -0.25) is 4.79 Å². The van der Waals surface area contributed by atoms with Crippen molar-refractivity contribution < 1.29 is 43.8 Å². The van der Waals surface area contributed by atoms with Crippen LogP contribution in [0.1, 0.15) is 16.7 Å². The normalized spacial score (nSPS) is 13.9. The van der Waals surface area contributed by atoms with Crippen LogP contribution < -0.4 is 39.8 Å². The van der Waals surface area contributed by atoms with Crippen LogP contribution in [0, 0.1) is 20.8 Å². The van der Waals surface area contributed by atoms with Gasteiger partial charge in [0.1, 0.15) is 7.37 Å². The molecule has 0 radical (unpaired) electrons. The molecular weight excluding hydrogens is 222 g/mol. The average molecular weight is 234 g/mol. The van der Waals surface area contributed by atoms with E-state index in [0.717, 1.165) is 5.56 Å². The fourth-order valence-electron chi connectivity index (χ4n) is 1.72. The van der Waals surface area contributed by atoms with Gasteiger partial charge in [0.25, 0.3) is 0 Å². The van der Waals surface area contributed by atoms with Crippen molar-refractivity contribution in [2.45, 2.75) is 20.8 Å². The Hall–Kier alpha value is 0.0800. The van der Waals surface area contributed by atoms with Crippen molar-refractivity contribution in [3.8, 4) is 0 Å². The molecule has 1 aromatic rings. The average Bonchev–Trinajstić information content (AvgIpc) is 2.01. The minimum Gasteiger partial charge on any atom is -0.791 e. The van der Waals surface area contributed by atoms with Gasteiger partial charge in [-0.05, 0) is 31.9 Å². The predicted molar refractivity (Wildman–Crippen MR) is 54.6 cm³/mol. The van der Waals surface area contributed by atoms with E-state index in [4.69, 9.17) is 0 Å². The maximum atomic E-state index is 11.4. The summed E-state index contributed by atoms with van der Waals surface area (Å²) in [4.78, 5) is 21.9. The van der Waals surface area contributed by atoms with Gasteiger partial charge in [-0.1, -0.05) is 17.7 Å². The van der Waals surface area contributed by atoms with Gasteiger partial charge in [0.2, 0.25) is 0 Å². The Labute approximate surface area is 112 Å². The minimum absolute atomic E-state index is 0. The van der Waals surface area contributed by atoms with Crippen LogP contribution >= 0.6 is 7.37 Å². The molecule has 0 aliphatic carbocycles. The zero-order valence-electron chi connectivity index (χ0n) is 9.40. The van der Waals surface area contributed by atoms with Crippen molar-refractivity contribution >= 4 is 18.7 Å². The molecule has 0 fully saturated rings. The molecule has 1 unspecified atom stereocenters. The first-order valence-corrected chi connectivity index (χ1v) is 5.93. The molecule has 0 bridgehead atoms. The van der Waals surface area contributed by atoms with E-state index in [1.165, 1.54) is 0 Å². The number of hydrogen-bond acceptors (Lipinski definition) is 3. The third kappa shape index (κ3) is 3.27. The topological polar surface area (TPSA) is 57.2 Å². The molecule has 0 aromatic heterocycles. The van der Waals surface area contributed by atoms with E-state index in [1.54, 1.807) is 26.0 Å². The summed E-state index contributed by atoms with van der Waals surface area (Å²) in [6.07, 6.45) is 0. The second kappa shape index (κ2) is 5.42. The van der Waals surface area contributed by atoms with Crippen LogP contribution in [0.25, 0.3) is 0 Å². The summed E-state index contributed by atoms with van der Waals surface area (Å²) in [6.45, 7) is 5.28. The van der Waals surface area contributed by atoms with E-state index in [9.17, 15) is 14.3 Å². The summed E-state index contributed by atoms with van der Waals surface area (Å²) >= 11 is 0. The van der Waals surface area contributed by atoms with E-state index < -0.39 is 7.37 Å². The number of aryl methyl sites for hydroxylation is 3. The fraction of sp³-hybridized carbons (Fsp3) is 0.300. The molecule has 15 heavy (non-hydrogen) atoms. The van der Waals surface area contributed by atoms with Gasteiger partial charge in [0.15, 0.2) is 6.03 Å². The molecule has 5 heteroatoms. The Bertz CT molecular complexity index is 406. The van der Waals surface area contributed by atoms with E-state index >= 15 is 0 Å². The second-order valence-electron chi connectivity index (χ2n) is 3.45. The van der Waals surface area contributed by atoms with Gasteiger partial charge in [-0.25, -0.2) is 0 Å². The van der Waals surface area contributed by atoms with Gasteiger partial charge >= 0.3 is 29.6 Å². The van der Waals surface area contributed by atoms with Gasteiger partial charge < -0.3 is 9.46 Å². The van der Waals surface area contributed by atoms with E-state index in [-0.39, 0.29) is 40.9 Å². The van der Waals surface area contributed by atoms with Gasteiger partial charge in [0, 0.05) is 5.30 Å². The molecular formula is C10H12NaO3P. The molecule has 0 aliphatic heterocycles. The van der Waals surface area contributed by atoms with Crippen molar-refractivity contribution in [2.24, 2.45) is 0 Å². The Morgan fingerprint density at radius 1 is 1.20 bits per heavy atom. The van der Waals surface area contributed by atoms with Crippen LogP contribution in [0.5, 0.6) is 0 Å². The molecule has 0 spiro atoms. The quantitative estimate of drug-likeness (QED) is 0.340. The number of hydrogen-bond donors (Lipinski definition) is 0. The van der Waals surface area contributed by atoms with Gasteiger partial charge in [-0.15, -0.1) is 0 Å². The minimum atomic E-state index is -4.05. The van der Waals surface area contributed by atoms with Crippen LogP contribution in [-0.4, -0.2) is 6.03 Å². The predicted octanol–water partition coefficient (Wildman–Crippen LogP) is -1.93. The van der Waals surface area contributed by atoms with E-state index in [0.29, 0.717) is 11.1 Å². The van der Waals surface area contributed by atoms with Crippen LogP contribution in [0.3, 0.4) is 0 Å². The van der Waals surface area contributed by atoms with Crippen LogP contribution in [0.15, 0.2) is 12.1 Å². The van der Waals surface area contributed by atoms with Crippen molar-refractivity contribution in [3.05, 3.63) is 28.8 Å². The monoisotopic (exact) mass is 234 g/mol. The molecule has 0 saturated carbocycles. The molecule has 0 saturated heterocycles. The largest absolute Gasteiger partial charge is 1.00 e. The van der Waals surface area contributed by atoms with Gasteiger partial charge in [0.05, 0.1) is 0 Å². The smallest absolute Gasteiger partial charge is 0.791 e. The number of benzene rings is 1. The standard InChI is InChI=1S/C10H13O3P.Na/c1-7-4-8(2)10(9(3)5-7)14(12,13)6-11;/h4-6H,1-3H3,(H,12,13);/q;+1/p-1. The summed E-state index contributed by atoms with van der Waals surface area (Å²) in [5, 5.41) is 0.165. The number of carbonyl (C=O) groups excluding carboxylic acids is 1. The summed E-state index contributed by atoms with van der Waals surface area (Å²) in [5.74, 6) is 0. The van der Waals surface area contributed by atoms with Crippen molar-refractivity contribution in [2.75, 3.05) is 0 Å². The van der Waals surface area contributed by atoms with Gasteiger partial charge in [-0.2, -0.15) is 0 Å². The molecule has 3 nitrogen and oxygen atoms in total. The first-order valence-electron chi connectivity index (χ1n) is 4.24. The molecule has 1 aromatic carbocycles. The first kappa shape index (κ1) is 15.1. The molecule has 0 aliphatic rings. The molecule has 0 heterocycles. The molecule has 1 rings (SSSR count). The zero-order valence-corrected chi connectivity index (χ0v) is 12.3. The maximum Gasteiger partial charge on any atom is 1.00 e. The Kier molecular flexibility index (Phi) is 5.45. The van der Waals surface area contributed by atoms with E-state index in [1.807, 2.05) is 6.92 Å². The number of carbonyl (C=O) groups is 1. The van der Waals surface area contributed by atoms with Crippen LogP contribution in [0.2, 0.25) is 0 Å². The van der Waals surface area contributed by atoms with Crippen LogP contribution in [0.4, 0.5) is 0 Å². The van der Waals surface area contributed by atoms with E-state index in [2.05, 4.69) is 0 Å². The summed E-state index contributed by atoms with van der Waals surface area (Å²) in [6, 6.07) is 3.55.